The quantitative estimate of drug-likeness (QED) is 0.193. The summed E-state index contributed by atoms with van der Waals surface area (Å²) in [6.45, 7) is 5.14. The molecule has 0 spiro atoms. The van der Waals surface area contributed by atoms with E-state index in [-0.39, 0.29) is 12.5 Å². The normalized spacial score (nSPS) is 14.5. The summed E-state index contributed by atoms with van der Waals surface area (Å²) in [7, 11) is 1.57. The van der Waals surface area contributed by atoms with Crippen LogP contribution >= 0.6 is 39.7 Å². The number of hydrogen-bond acceptors (Lipinski definition) is 5. The third-order valence-corrected chi connectivity index (χ3v) is 7.22. The molecule has 0 aliphatic carbocycles. The summed E-state index contributed by atoms with van der Waals surface area (Å²) in [5.41, 5.74) is 2.81. The number of hydrogen-bond donors (Lipinski definition) is 0. The van der Waals surface area contributed by atoms with Gasteiger partial charge in [0, 0.05) is 27.3 Å². The number of carbonyl (C=O) groups is 1. The van der Waals surface area contributed by atoms with Crippen molar-refractivity contribution in [3.63, 3.8) is 0 Å². The first-order valence-corrected chi connectivity index (χ1v) is 13.3. The van der Waals surface area contributed by atoms with Gasteiger partial charge in [0.1, 0.15) is 18.1 Å². The molecule has 0 aromatic heterocycles. The van der Waals surface area contributed by atoms with Crippen molar-refractivity contribution in [1.29, 1.82) is 0 Å². The van der Waals surface area contributed by atoms with Crippen LogP contribution < -0.4 is 19.1 Å². The number of ether oxygens (including phenoxy) is 3. The number of anilines is 1. The summed E-state index contributed by atoms with van der Waals surface area (Å²) in [5.74, 6) is 1.64. The second kappa shape index (κ2) is 12.0. The molecule has 1 amide bonds. The van der Waals surface area contributed by atoms with Gasteiger partial charge in [-0.1, -0.05) is 45.7 Å². The minimum Gasteiger partial charge on any atom is -0.494 e. The van der Waals surface area contributed by atoms with E-state index in [9.17, 15) is 4.79 Å². The summed E-state index contributed by atoms with van der Waals surface area (Å²) in [6, 6.07) is 18.7. The van der Waals surface area contributed by atoms with Gasteiger partial charge in [-0.25, -0.2) is 0 Å². The molecule has 1 fully saturated rings. The van der Waals surface area contributed by atoms with Crippen LogP contribution in [0.3, 0.4) is 0 Å². The lowest BCUT2D eigenvalue weighted by molar-refractivity contribution is -0.122. The standard InChI is InChI=1S/C28H26BrClN2O4S/c1-4-31-27(33)24(32(28(31)37)20-10-12-21(13-11-20)35-5-2)14-19-15-25(34-3)26(16-22(19)29)36-17-18-8-6-7-9-23(18)30/h6-16H,4-5,17H2,1-3H3/b24-14+. The summed E-state index contributed by atoms with van der Waals surface area (Å²) in [4.78, 5) is 16.7. The fourth-order valence-corrected chi connectivity index (χ4v) is 4.95. The number of halogens is 2. The van der Waals surface area contributed by atoms with Gasteiger partial charge < -0.3 is 14.2 Å². The average molecular weight is 602 g/mol. The minimum atomic E-state index is -0.175. The smallest absolute Gasteiger partial charge is 0.277 e. The number of benzene rings is 3. The van der Waals surface area contributed by atoms with Crippen molar-refractivity contribution in [2.24, 2.45) is 0 Å². The molecule has 0 unspecified atom stereocenters. The molecular formula is C28H26BrClN2O4S. The predicted molar refractivity (Wildman–Crippen MR) is 155 cm³/mol. The Bertz CT molecular complexity index is 1350. The highest BCUT2D eigenvalue weighted by Crippen LogP contribution is 2.37. The molecule has 0 N–H and O–H groups in total. The van der Waals surface area contributed by atoms with E-state index in [1.807, 2.05) is 74.5 Å². The van der Waals surface area contributed by atoms with Crippen LogP contribution in [-0.4, -0.2) is 36.2 Å². The fourth-order valence-electron chi connectivity index (χ4n) is 3.91. The van der Waals surface area contributed by atoms with Gasteiger partial charge in [0.25, 0.3) is 5.91 Å². The molecule has 9 heteroatoms. The summed E-state index contributed by atoms with van der Waals surface area (Å²) in [6.07, 6.45) is 1.80. The Morgan fingerprint density at radius 3 is 2.41 bits per heavy atom. The Kier molecular flexibility index (Phi) is 8.74. The second-order valence-electron chi connectivity index (χ2n) is 8.03. The Morgan fingerprint density at radius 2 is 1.76 bits per heavy atom. The molecule has 0 bridgehead atoms. The van der Waals surface area contributed by atoms with Crippen molar-refractivity contribution in [2.75, 3.05) is 25.2 Å². The number of nitrogens with zero attached hydrogens (tertiary/aromatic N) is 2. The van der Waals surface area contributed by atoms with Gasteiger partial charge in [-0.15, -0.1) is 0 Å². The Hall–Kier alpha value is -3.07. The highest BCUT2D eigenvalue weighted by molar-refractivity contribution is 9.10. The van der Waals surface area contributed by atoms with Gasteiger partial charge in [-0.05, 0) is 80.2 Å². The molecule has 4 rings (SSSR count). The molecule has 1 saturated heterocycles. The zero-order chi connectivity index (χ0) is 26.5. The summed E-state index contributed by atoms with van der Waals surface area (Å²) < 4.78 is 17.9. The first-order chi connectivity index (χ1) is 17.9. The van der Waals surface area contributed by atoms with Crippen LogP contribution in [-0.2, 0) is 11.4 Å². The maximum absolute atomic E-state index is 13.3. The van der Waals surface area contributed by atoms with Crippen LogP contribution in [0.5, 0.6) is 17.2 Å². The number of amides is 1. The molecule has 0 saturated carbocycles. The molecule has 1 aliphatic heterocycles. The van der Waals surface area contributed by atoms with Crippen molar-refractivity contribution in [2.45, 2.75) is 20.5 Å². The van der Waals surface area contributed by atoms with E-state index in [2.05, 4.69) is 15.9 Å². The monoisotopic (exact) mass is 600 g/mol. The number of methoxy groups -OCH3 is 1. The van der Waals surface area contributed by atoms with E-state index in [0.29, 0.717) is 40.5 Å². The van der Waals surface area contributed by atoms with Crippen molar-refractivity contribution in [1.82, 2.24) is 4.90 Å². The van der Waals surface area contributed by atoms with Gasteiger partial charge in [-0.3, -0.25) is 14.6 Å². The minimum absolute atomic E-state index is 0.175. The number of rotatable bonds is 9. The molecule has 37 heavy (non-hydrogen) atoms. The number of thiocarbonyl (C=S) groups is 1. The van der Waals surface area contributed by atoms with Crippen molar-refractivity contribution in [3.05, 3.63) is 87.0 Å². The zero-order valence-electron chi connectivity index (χ0n) is 20.7. The van der Waals surface area contributed by atoms with Gasteiger partial charge in [0.05, 0.1) is 13.7 Å². The number of likely N-dealkylation sites (N-methyl/N-ethyl adjacent to an activating group) is 1. The van der Waals surface area contributed by atoms with Crippen LogP contribution in [0.1, 0.15) is 25.0 Å². The maximum Gasteiger partial charge on any atom is 0.277 e. The van der Waals surface area contributed by atoms with E-state index in [4.69, 9.17) is 38.0 Å². The van der Waals surface area contributed by atoms with E-state index in [1.54, 1.807) is 23.0 Å². The van der Waals surface area contributed by atoms with Gasteiger partial charge in [0.15, 0.2) is 16.6 Å². The molecule has 3 aromatic rings. The second-order valence-corrected chi connectivity index (χ2v) is 9.66. The molecule has 192 valence electrons. The lowest BCUT2D eigenvalue weighted by atomic mass is 10.1. The highest BCUT2D eigenvalue weighted by Gasteiger charge is 2.38. The van der Waals surface area contributed by atoms with Crippen LogP contribution in [0.4, 0.5) is 5.69 Å². The van der Waals surface area contributed by atoms with Crippen molar-refractivity contribution < 1.29 is 19.0 Å². The summed E-state index contributed by atoms with van der Waals surface area (Å²) >= 11 is 15.6. The first-order valence-electron chi connectivity index (χ1n) is 11.7. The zero-order valence-corrected chi connectivity index (χ0v) is 23.8. The molecule has 0 radical (unpaired) electrons. The first kappa shape index (κ1) is 27.0. The largest absolute Gasteiger partial charge is 0.494 e. The Morgan fingerprint density at radius 1 is 1.03 bits per heavy atom. The van der Waals surface area contributed by atoms with E-state index in [0.717, 1.165) is 27.0 Å². The highest BCUT2D eigenvalue weighted by atomic mass is 79.9. The predicted octanol–water partition coefficient (Wildman–Crippen LogP) is 7.08. The Labute approximate surface area is 235 Å². The topological polar surface area (TPSA) is 51.2 Å². The van der Waals surface area contributed by atoms with Crippen molar-refractivity contribution >= 4 is 62.5 Å². The lowest BCUT2D eigenvalue weighted by Crippen LogP contribution is -2.32. The van der Waals surface area contributed by atoms with E-state index in [1.165, 1.54) is 0 Å². The fraction of sp³-hybridized carbons (Fsp3) is 0.214. The molecular weight excluding hydrogens is 576 g/mol. The van der Waals surface area contributed by atoms with Crippen LogP contribution in [0.25, 0.3) is 6.08 Å². The third kappa shape index (κ3) is 5.76. The number of carbonyl (C=O) groups excluding carboxylic acids is 1. The van der Waals surface area contributed by atoms with Gasteiger partial charge in [-0.2, -0.15) is 0 Å². The lowest BCUT2D eigenvalue weighted by Gasteiger charge is -2.20. The molecule has 1 heterocycles. The van der Waals surface area contributed by atoms with E-state index < -0.39 is 0 Å². The van der Waals surface area contributed by atoms with Crippen LogP contribution in [0.15, 0.2) is 70.8 Å². The van der Waals surface area contributed by atoms with Crippen LogP contribution in [0, 0.1) is 0 Å². The third-order valence-electron chi connectivity index (χ3n) is 5.77. The molecule has 3 aromatic carbocycles. The van der Waals surface area contributed by atoms with Gasteiger partial charge >= 0.3 is 0 Å². The summed E-state index contributed by atoms with van der Waals surface area (Å²) in [5, 5.41) is 1.05. The molecule has 6 nitrogen and oxygen atoms in total. The SMILES string of the molecule is CCOc1ccc(N2C(=S)N(CC)C(=O)/C2=C\c2cc(OC)c(OCc3ccccc3Cl)cc2Br)cc1. The maximum atomic E-state index is 13.3. The van der Waals surface area contributed by atoms with Gasteiger partial charge in [0.2, 0.25) is 0 Å². The Balaban J connectivity index is 1.69. The molecule has 1 aliphatic rings. The van der Waals surface area contributed by atoms with Crippen LogP contribution in [0.2, 0.25) is 5.02 Å². The average Bonchev–Trinajstić information content (AvgIpc) is 3.13. The van der Waals surface area contributed by atoms with E-state index >= 15 is 0 Å². The molecule has 0 atom stereocenters. The van der Waals surface area contributed by atoms with Crippen molar-refractivity contribution in [3.8, 4) is 17.2 Å².